The van der Waals surface area contributed by atoms with Crippen molar-refractivity contribution in [2.24, 2.45) is 0 Å². The number of alkyl halides is 2. The van der Waals surface area contributed by atoms with Crippen molar-refractivity contribution in [1.29, 1.82) is 0 Å². The van der Waals surface area contributed by atoms with Gasteiger partial charge in [-0.15, -0.1) is 0 Å². The number of nitrogens with zero attached hydrogens (tertiary/aromatic N) is 1. The van der Waals surface area contributed by atoms with Crippen LogP contribution in [0.25, 0.3) is 0 Å². The summed E-state index contributed by atoms with van der Waals surface area (Å²) in [7, 11) is 0. The van der Waals surface area contributed by atoms with Crippen LogP contribution in [0.2, 0.25) is 0 Å². The van der Waals surface area contributed by atoms with Gasteiger partial charge in [-0.1, -0.05) is 12.1 Å². The molecule has 5 nitrogen and oxygen atoms in total. The molecule has 0 saturated carbocycles. The lowest BCUT2D eigenvalue weighted by molar-refractivity contribution is -0.117. The van der Waals surface area contributed by atoms with Crippen LogP contribution >= 0.6 is 0 Å². The van der Waals surface area contributed by atoms with Gasteiger partial charge >= 0.3 is 6.61 Å². The van der Waals surface area contributed by atoms with E-state index in [0.717, 1.165) is 18.7 Å². The van der Waals surface area contributed by atoms with E-state index in [4.69, 9.17) is 0 Å². The molecule has 2 aromatic rings. The Morgan fingerprint density at radius 2 is 1.81 bits per heavy atom. The minimum atomic E-state index is -2.87. The quantitative estimate of drug-likeness (QED) is 0.856. The molecule has 26 heavy (non-hydrogen) atoms. The minimum Gasteiger partial charge on any atom is -0.435 e. The van der Waals surface area contributed by atoms with Gasteiger partial charge in [-0.25, -0.2) is 0 Å². The van der Waals surface area contributed by atoms with Gasteiger partial charge in [-0.05, 0) is 48.4 Å². The Hall–Kier alpha value is -2.96. The summed E-state index contributed by atoms with van der Waals surface area (Å²) in [6.07, 6.45) is 1.54. The molecule has 0 spiro atoms. The van der Waals surface area contributed by atoms with Gasteiger partial charge in [0.1, 0.15) is 5.75 Å². The van der Waals surface area contributed by atoms with Crippen LogP contribution in [0.15, 0.2) is 48.5 Å². The highest BCUT2D eigenvalue weighted by molar-refractivity contribution is 5.96. The van der Waals surface area contributed by atoms with Crippen LogP contribution in [-0.4, -0.2) is 25.0 Å². The van der Waals surface area contributed by atoms with Crippen molar-refractivity contribution < 1.29 is 23.1 Å². The third kappa shape index (κ3) is 4.56. The fraction of sp³-hybridized carbons (Fsp3) is 0.263. The van der Waals surface area contributed by atoms with Crippen LogP contribution in [-0.2, 0) is 16.0 Å². The molecule has 1 heterocycles. The summed E-state index contributed by atoms with van der Waals surface area (Å²) in [6, 6.07) is 13.0. The number of hydrogen-bond acceptors (Lipinski definition) is 3. The summed E-state index contributed by atoms with van der Waals surface area (Å²) in [5.74, 6) is -0.0604. The number of anilines is 2. The molecule has 136 valence electrons. The topological polar surface area (TPSA) is 58.6 Å². The molecule has 1 N–H and O–H groups in total. The molecular formula is C19H18F2N2O3. The van der Waals surface area contributed by atoms with Crippen molar-refractivity contribution in [2.75, 3.05) is 16.8 Å². The molecular weight excluding hydrogens is 342 g/mol. The fourth-order valence-corrected chi connectivity index (χ4v) is 2.83. The number of ether oxygens (including phenoxy) is 1. The average Bonchev–Trinajstić information content (AvgIpc) is 3.03. The molecule has 1 saturated heterocycles. The van der Waals surface area contributed by atoms with Crippen LogP contribution in [0.5, 0.6) is 5.75 Å². The first-order chi connectivity index (χ1) is 12.5. The van der Waals surface area contributed by atoms with Gasteiger partial charge < -0.3 is 15.0 Å². The molecule has 0 bridgehead atoms. The predicted molar refractivity (Wildman–Crippen MR) is 93.4 cm³/mol. The fourth-order valence-electron chi connectivity index (χ4n) is 2.83. The summed E-state index contributed by atoms with van der Waals surface area (Å²) in [5.41, 5.74) is 2.13. The van der Waals surface area contributed by atoms with Crippen molar-refractivity contribution in [1.82, 2.24) is 0 Å². The Bertz CT molecular complexity index is 776. The van der Waals surface area contributed by atoms with Crippen molar-refractivity contribution in [2.45, 2.75) is 25.9 Å². The first-order valence-electron chi connectivity index (χ1n) is 8.25. The molecule has 0 atom stereocenters. The number of nitrogens with one attached hydrogen (secondary N) is 1. The summed E-state index contributed by atoms with van der Waals surface area (Å²) in [4.78, 5) is 25.6. The second-order valence-electron chi connectivity index (χ2n) is 5.94. The highest BCUT2D eigenvalue weighted by atomic mass is 19.3. The standard InChI is InChI=1S/C19H18F2N2O3/c20-19(21)26-16-9-3-13(4-10-16)12-17(24)22-14-5-7-15(8-6-14)23-11-1-2-18(23)25/h3-10,19H,1-2,11-12H2,(H,22,24). The summed E-state index contributed by atoms with van der Waals surface area (Å²) in [5, 5.41) is 2.77. The summed E-state index contributed by atoms with van der Waals surface area (Å²) >= 11 is 0. The monoisotopic (exact) mass is 360 g/mol. The third-order valence-electron chi connectivity index (χ3n) is 4.05. The van der Waals surface area contributed by atoms with Crippen molar-refractivity contribution in [3.63, 3.8) is 0 Å². The van der Waals surface area contributed by atoms with Gasteiger partial charge in [0.2, 0.25) is 11.8 Å². The van der Waals surface area contributed by atoms with Crippen LogP contribution in [0.3, 0.4) is 0 Å². The first-order valence-corrected chi connectivity index (χ1v) is 8.25. The maximum absolute atomic E-state index is 12.1. The van der Waals surface area contributed by atoms with E-state index in [0.29, 0.717) is 17.7 Å². The molecule has 2 aromatic carbocycles. The molecule has 2 amide bonds. The number of halogens is 2. The number of rotatable bonds is 6. The van der Waals surface area contributed by atoms with E-state index in [2.05, 4.69) is 10.1 Å². The van der Waals surface area contributed by atoms with Crippen molar-refractivity contribution in [3.05, 3.63) is 54.1 Å². The molecule has 3 rings (SSSR count). The van der Waals surface area contributed by atoms with E-state index in [1.54, 1.807) is 41.3 Å². The van der Waals surface area contributed by atoms with E-state index in [9.17, 15) is 18.4 Å². The Kier molecular flexibility index (Phi) is 5.46. The molecule has 1 aliphatic rings. The maximum atomic E-state index is 12.1. The predicted octanol–water partition coefficient (Wildman–Crippen LogP) is 3.60. The lowest BCUT2D eigenvalue weighted by Gasteiger charge is -2.16. The minimum absolute atomic E-state index is 0.0520. The first kappa shape index (κ1) is 17.8. The van der Waals surface area contributed by atoms with E-state index in [1.165, 1.54) is 12.1 Å². The summed E-state index contributed by atoms with van der Waals surface area (Å²) < 4.78 is 28.5. The molecule has 1 aliphatic heterocycles. The lowest BCUT2D eigenvalue weighted by Crippen LogP contribution is -2.23. The number of amides is 2. The largest absolute Gasteiger partial charge is 0.435 e. The number of benzene rings is 2. The van der Waals surface area contributed by atoms with Gasteiger partial charge in [-0.2, -0.15) is 8.78 Å². The molecule has 0 aromatic heterocycles. The number of carbonyl (C=O) groups excluding carboxylic acids is 2. The maximum Gasteiger partial charge on any atom is 0.387 e. The molecule has 1 fully saturated rings. The Labute approximate surface area is 149 Å². The SMILES string of the molecule is O=C(Cc1ccc(OC(F)F)cc1)Nc1ccc(N2CCCC2=O)cc1. The second-order valence-corrected chi connectivity index (χ2v) is 5.94. The Balaban J connectivity index is 1.55. The zero-order chi connectivity index (χ0) is 18.5. The highest BCUT2D eigenvalue weighted by Crippen LogP contribution is 2.23. The van der Waals surface area contributed by atoms with Crippen LogP contribution in [0.1, 0.15) is 18.4 Å². The van der Waals surface area contributed by atoms with E-state index < -0.39 is 6.61 Å². The normalized spacial score (nSPS) is 14.0. The van der Waals surface area contributed by atoms with E-state index >= 15 is 0 Å². The van der Waals surface area contributed by atoms with Gasteiger partial charge in [0.25, 0.3) is 0 Å². The van der Waals surface area contributed by atoms with Gasteiger partial charge in [0, 0.05) is 24.3 Å². The number of carbonyl (C=O) groups is 2. The Morgan fingerprint density at radius 1 is 1.12 bits per heavy atom. The smallest absolute Gasteiger partial charge is 0.387 e. The lowest BCUT2D eigenvalue weighted by atomic mass is 10.1. The zero-order valence-corrected chi connectivity index (χ0v) is 14.0. The van der Waals surface area contributed by atoms with Crippen LogP contribution in [0, 0.1) is 0 Å². The Morgan fingerprint density at radius 3 is 2.38 bits per heavy atom. The summed E-state index contributed by atoms with van der Waals surface area (Å²) in [6.45, 7) is -2.15. The average molecular weight is 360 g/mol. The van der Waals surface area contributed by atoms with Crippen LogP contribution in [0.4, 0.5) is 20.2 Å². The van der Waals surface area contributed by atoms with Gasteiger partial charge in [-0.3, -0.25) is 9.59 Å². The molecule has 7 heteroatoms. The van der Waals surface area contributed by atoms with Gasteiger partial charge in [0.05, 0.1) is 6.42 Å². The van der Waals surface area contributed by atoms with Crippen molar-refractivity contribution >= 4 is 23.2 Å². The van der Waals surface area contributed by atoms with Crippen molar-refractivity contribution in [3.8, 4) is 5.75 Å². The van der Waals surface area contributed by atoms with Crippen LogP contribution < -0.4 is 15.0 Å². The molecule has 0 aliphatic carbocycles. The number of hydrogen-bond donors (Lipinski definition) is 1. The highest BCUT2D eigenvalue weighted by Gasteiger charge is 2.21. The van der Waals surface area contributed by atoms with Gasteiger partial charge in [0.15, 0.2) is 0 Å². The molecule has 0 unspecified atom stereocenters. The zero-order valence-electron chi connectivity index (χ0n) is 14.0. The second kappa shape index (κ2) is 7.95. The van der Waals surface area contributed by atoms with E-state index in [1.807, 2.05) is 0 Å². The van der Waals surface area contributed by atoms with E-state index in [-0.39, 0.29) is 24.0 Å². The third-order valence-corrected chi connectivity index (χ3v) is 4.05. The molecule has 0 radical (unpaired) electrons.